The van der Waals surface area contributed by atoms with Gasteiger partial charge >= 0.3 is 6.18 Å². The molecule has 21 heavy (non-hydrogen) atoms. The van der Waals surface area contributed by atoms with Crippen molar-refractivity contribution in [2.45, 2.75) is 17.3 Å². The molecule has 1 aliphatic heterocycles. The molecule has 0 bridgehead atoms. The van der Waals surface area contributed by atoms with Crippen molar-refractivity contribution in [1.82, 2.24) is 0 Å². The molecule has 0 fully saturated rings. The molecule has 1 aromatic heterocycles. The van der Waals surface area contributed by atoms with E-state index in [1.165, 1.54) is 25.1 Å². The molecule has 9 heteroatoms. The van der Waals surface area contributed by atoms with Crippen LogP contribution in [0.15, 0.2) is 44.6 Å². The molecule has 0 aliphatic carbocycles. The number of allylic oxidation sites excluding steroid dienone is 2. The van der Waals surface area contributed by atoms with Crippen LogP contribution in [0.4, 0.5) is 13.2 Å². The maximum atomic E-state index is 13.0. The third-order valence-corrected chi connectivity index (χ3v) is 5.98. The van der Waals surface area contributed by atoms with E-state index in [0.29, 0.717) is 4.88 Å². The summed E-state index contributed by atoms with van der Waals surface area (Å²) in [6.45, 7) is 1.41. The van der Waals surface area contributed by atoms with Crippen LogP contribution in [-0.4, -0.2) is 26.9 Å². The second-order valence-corrected chi connectivity index (χ2v) is 8.00. The van der Waals surface area contributed by atoms with Gasteiger partial charge in [0.2, 0.25) is 0 Å². The first-order valence-electron chi connectivity index (χ1n) is 5.66. The van der Waals surface area contributed by atoms with Crippen molar-refractivity contribution < 1.29 is 21.6 Å². The summed E-state index contributed by atoms with van der Waals surface area (Å²) < 4.78 is 61.2. The van der Waals surface area contributed by atoms with E-state index in [2.05, 4.69) is 4.99 Å². The van der Waals surface area contributed by atoms with Crippen LogP contribution in [0.5, 0.6) is 0 Å². The van der Waals surface area contributed by atoms with Crippen molar-refractivity contribution in [3.63, 3.8) is 0 Å². The number of alkyl halides is 3. The highest BCUT2D eigenvalue weighted by Crippen LogP contribution is 2.35. The van der Waals surface area contributed by atoms with Gasteiger partial charge in [-0.2, -0.15) is 13.2 Å². The molecule has 0 aromatic carbocycles. The predicted octanol–water partition coefficient (Wildman–Crippen LogP) is 3.91. The average Bonchev–Trinajstić information content (AvgIpc) is 2.86. The molecular formula is C12H9ClF3NO2S2. The van der Waals surface area contributed by atoms with Crippen molar-refractivity contribution in [2.75, 3.05) is 6.54 Å². The first-order chi connectivity index (χ1) is 9.63. The summed E-state index contributed by atoms with van der Waals surface area (Å²) in [4.78, 5) is 4.38. The van der Waals surface area contributed by atoms with Gasteiger partial charge in [0.15, 0.2) is 0 Å². The van der Waals surface area contributed by atoms with Gasteiger partial charge in [-0.25, -0.2) is 8.42 Å². The van der Waals surface area contributed by atoms with Crippen LogP contribution in [0.2, 0.25) is 0 Å². The number of hydrogen-bond donors (Lipinski definition) is 0. The molecule has 0 amide bonds. The molecule has 3 nitrogen and oxygen atoms in total. The zero-order chi connectivity index (χ0) is 15.8. The molecule has 114 valence electrons. The minimum atomic E-state index is -4.48. The monoisotopic (exact) mass is 355 g/mol. The highest BCUT2D eigenvalue weighted by Gasteiger charge is 2.37. The van der Waals surface area contributed by atoms with Gasteiger partial charge in [-0.1, -0.05) is 6.08 Å². The number of thiophene rings is 1. The van der Waals surface area contributed by atoms with Gasteiger partial charge in [0.25, 0.3) is 9.05 Å². The number of hydrogen-bond acceptors (Lipinski definition) is 4. The first-order valence-corrected chi connectivity index (χ1v) is 8.79. The van der Waals surface area contributed by atoms with Crippen LogP contribution in [0.1, 0.15) is 11.8 Å². The molecule has 0 N–H and O–H groups in total. The Labute approximate surface area is 127 Å². The Balaban J connectivity index is 2.45. The van der Waals surface area contributed by atoms with E-state index in [9.17, 15) is 21.6 Å². The predicted molar refractivity (Wildman–Crippen MR) is 76.7 cm³/mol. The Morgan fingerprint density at radius 1 is 1.38 bits per heavy atom. The van der Waals surface area contributed by atoms with Gasteiger partial charge in [0.1, 0.15) is 4.21 Å². The largest absolute Gasteiger partial charge is 0.416 e. The lowest BCUT2D eigenvalue weighted by atomic mass is 10.0. The third-order valence-electron chi connectivity index (χ3n) is 2.77. The molecule has 1 aliphatic rings. The average molecular weight is 356 g/mol. The van der Waals surface area contributed by atoms with Gasteiger partial charge < -0.3 is 0 Å². The molecule has 0 radical (unpaired) electrons. The molecule has 0 unspecified atom stereocenters. The molecule has 0 saturated carbocycles. The number of halogens is 4. The van der Waals surface area contributed by atoms with Gasteiger partial charge in [0, 0.05) is 10.7 Å². The number of dihydropyridines is 1. The maximum Gasteiger partial charge on any atom is 0.416 e. The zero-order valence-electron chi connectivity index (χ0n) is 10.6. The first kappa shape index (κ1) is 16.3. The zero-order valence-corrected chi connectivity index (χ0v) is 13.0. The highest BCUT2D eigenvalue weighted by atomic mass is 35.7. The lowest BCUT2D eigenvalue weighted by molar-refractivity contribution is -0.0894. The normalized spacial score (nSPS) is 18.6. The van der Waals surface area contributed by atoms with Crippen LogP contribution in [0.3, 0.4) is 0 Å². The van der Waals surface area contributed by atoms with E-state index in [1.54, 1.807) is 0 Å². The Morgan fingerprint density at radius 2 is 2.05 bits per heavy atom. The quantitative estimate of drug-likeness (QED) is 0.755. The molecule has 0 atom stereocenters. The fourth-order valence-corrected chi connectivity index (χ4v) is 3.83. The molecular weight excluding hydrogens is 347 g/mol. The van der Waals surface area contributed by atoms with E-state index in [1.807, 2.05) is 0 Å². The van der Waals surface area contributed by atoms with Crippen molar-refractivity contribution in [1.29, 1.82) is 0 Å². The molecule has 0 saturated heterocycles. The Hall–Kier alpha value is -1.12. The van der Waals surface area contributed by atoms with Crippen molar-refractivity contribution in [2.24, 2.45) is 4.99 Å². The summed E-state index contributed by atoms with van der Waals surface area (Å²) in [5.41, 5.74) is -0.573. The lowest BCUT2D eigenvalue weighted by Gasteiger charge is -2.18. The van der Waals surface area contributed by atoms with Gasteiger partial charge in [-0.05, 0) is 30.7 Å². The highest BCUT2D eigenvalue weighted by molar-refractivity contribution is 8.15. The molecule has 1 aromatic rings. The summed E-state index contributed by atoms with van der Waals surface area (Å²) in [6.07, 6.45) is -2.19. The minimum Gasteiger partial charge on any atom is -0.279 e. The number of rotatable bonds is 2. The van der Waals surface area contributed by atoms with Crippen LogP contribution < -0.4 is 0 Å². The standard InChI is InChI=1S/C12H9ClF3NO2S2/c1-2-7-6-17-9(5-8(7)12(14,15)16)10-3-4-11(20-10)21(13,18)19/h2-5H,6H2,1H3/b7-2-. The van der Waals surface area contributed by atoms with Crippen LogP contribution in [-0.2, 0) is 9.05 Å². The van der Waals surface area contributed by atoms with Crippen LogP contribution in [0, 0.1) is 0 Å². The van der Waals surface area contributed by atoms with Gasteiger partial charge in [-0.15, -0.1) is 11.3 Å². The molecule has 2 rings (SSSR count). The lowest BCUT2D eigenvalue weighted by Crippen LogP contribution is -2.20. The Bertz CT molecular complexity index is 758. The molecule has 2 heterocycles. The fourth-order valence-electron chi connectivity index (χ4n) is 1.78. The summed E-state index contributed by atoms with van der Waals surface area (Å²) in [5, 5.41) is 0. The van der Waals surface area contributed by atoms with Gasteiger partial charge in [0.05, 0.1) is 22.7 Å². The third kappa shape index (κ3) is 3.56. The van der Waals surface area contributed by atoms with Crippen LogP contribution >= 0.6 is 22.0 Å². The second kappa shape index (κ2) is 5.58. The second-order valence-electron chi connectivity index (χ2n) is 4.13. The molecule has 0 spiro atoms. The van der Waals surface area contributed by atoms with Crippen LogP contribution in [0.25, 0.3) is 0 Å². The number of aliphatic imine (C=N–C) groups is 1. The van der Waals surface area contributed by atoms with E-state index in [-0.39, 0.29) is 22.0 Å². The number of nitrogens with zero attached hydrogens (tertiary/aromatic N) is 1. The van der Waals surface area contributed by atoms with Crippen molar-refractivity contribution in [3.8, 4) is 0 Å². The topological polar surface area (TPSA) is 46.5 Å². The van der Waals surface area contributed by atoms with Gasteiger partial charge in [-0.3, -0.25) is 4.99 Å². The summed E-state index contributed by atoms with van der Waals surface area (Å²) >= 11 is 0.786. The smallest absolute Gasteiger partial charge is 0.279 e. The van der Waals surface area contributed by atoms with E-state index < -0.39 is 20.8 Å². The summed E-state index contributed by atoms with van der Waals surface area (Å²) in [7, 11) is 1.30. The fraction of sp³-hybridized carbons (Fsp3) is 0.250. The van der Waals surface area contributed by atoms with Crippen molar-refractivity contribution in [3.05, 3.63) is 40.3 Å². The summed E-state index contributed by atoms with van der Waals surface area (Å²) in [5.74, 6) is 0. The van der Waals surface area contributed by atoms with E-state index >= 15 is 0 Å². The van der Waals surface area contributed by atoms with Crippen molar-refractivity contribution >= 4 is 36.8 Å². The Morgan fingerprint density at radius 3 is 2.52 bits per heavy atom. The van der Waals surface area contributed by atoms with E-state index in [4.69, 9.17) is 10.7 Å². The minimum absolute atomic E-state index is 0.0907. The Kier molecular flexibility index (Phi) is 4.32. The SMILES string of the molecule is C/C=C1/CN=C(c2ccc(S(=O)(=O)Cl)s2)C=C1C(F)(F)F. The maximum absolute atomic E-state index is 13.0. The van der Waals surface area contributed by atoms with E-state index in [0.717, 1.165) is 17.4 Å². The summed E-state index contributed by atoms with van der Waals surface area (Å²) in [6, 6.07) is 2.64.